The molecule has 0 fully saturated rings. The largest absolute Gasteiger partial charge is 0.466 e. The molecule has 0 heterocycles. The van der Waals surface area contributed by atoms with Gasteiger partial charge in [-0.3, -0.25) is 0 Å². The number of carbonyl (C=O) groups excluding carboxylic acids is 1. The highest BCUT2D eigenvalue weighted by atomic mass is 35.5. The number of nitrogens with one attached hydrogen (secondary N) is 1. The van der Waals surface area contributed by atoms with Crippen LogP contribution < -0.4 is 5.32 Å². The fourth-order valence-electron chi connectivity index (χ4n) is 1.73. The molecular formula is C15H20ClNO2. The number of rotatable bonds is 6. The van der Waals surface area contributed by atoms with Crippen LogP contribution in [0.15, 0.2) is 35.9 Å². The van der Waals surface area contributed by atoms with E-state index in [-0.39, 0.29) is 12.0 Å². The van der Waals surface area contributed by atoms with E-state index in [1.807, 2.05) is 37.3 Å². The van der Waals surface area contributed by atoms with Gasteiger partial charge in [0.1, 0.15) is 0 Å². The molecule has 0 radical (unpaired) electrons. The first kappa shape index (κ1) is 15.7. The Labute approximate surface area is 119 Å². The van der Waals surface area contributed by atoms with Gasteiger partial charge in [-0.2, -0.15) is 0 Å². The number of esters is 1. The van der Waals surface area contributed by atoms with E-state index < -0.39 is 0 Å². The van der Waals surface area contributed by atoms with Gasteiger partial charge in [-0.1, -0.05) is 36.7 Å². The Kier molecular flexibility index (Phi) is 6.60. The SMILES string of the molecule is CC/C(=C/CN[C@H](C)c1ccc(Cl)cc1)C(=O)OC. The third-order valence-electron chi connectivity index (χ3n) is 2.97. The van der Waals surface area contributed by atoms with Crippen LogP contribution >= 0.6 is 11.6 Å². The number of ether oxygens (including phenoxy) is 1. The van der Waals surface area contributed by atoms with Gasteiger partial charge in [0.2, 0.25) is 0 Å². The minimum absolute atomic E-state index is 0.198. The molecule has 0 aromatic heterocycles. The van der Waals surface area contributed by atoms with Gasteiger partial charge in [-0.05, 0) is 31.0 Å². The highest BCUT2D eigenvalue weighted by molar-refractivity contribution is 6.30. The molecule has 0 unspecified atom stereocenters. The summed E-state index contributed by atoms with van der Waals surface area (Å²) >= 11 is 5.85. The van der Waals surface area contributed by atoms with E-state index in [0.717, 1.165) is 10.6 Å². The number of carbonyl (C=O) groups is 1. The van der Waals surface area contributed by atoms with E-state index in [0.29, 0.717) is 18.5 Å². The van der Waals surface area contributed by atoms with Gasteiger partial charge < -0.3 is 10.1 Å². The van der Waals surface area contributed by atoms with Crippen molar-refractivity contribution < 1.29 is 9.53 Å². The molecule has 1 aromatic rings. The molecule has 0 aliphatic heterocycles. The van der Waals surface area contributed by atoms with Crippen LogP contribution in [0.1, 0.15) is 31.9 Å². The molecule has 0 aliphatic rings. The van der Waals surface area contributed by atoms with Crippen LogP contribution in [0, 0.1) is 0 Å². The molecule has 4 heteroatoms. The van der Waals surface area contributed by atoms with Gasteiger partial charge in [-0.15, -0.1) is 0 Å². The van der Waals surface area contributed by atoms with Crippen LogP contribution in [-0.4, -0.2) is 19.6 Å². The maximum atomic E-state index is 11.4. The Balaban J connectivity index is 2.54. The molecule has 104 valence electrons. The standard InChI is InChI=1S/C15H20ClNO2/c1-4-12(15(18)19-3)9-10-17-11(2)13-5-7-14(16)8-6-13/h5-9,11,17H,4,10H2,1-3H3/b12-9-/t11-/m1/s1. The van der Waals surface area contributed by atoms with Gasteiger partial charge in [0.25, 0.3) is 0 Å². The number of methoxy groups -OCH3 is 1. The van der Waals surface area contributed by atoms with Crippen molar-refractivity contribution in [3.8, 4) is 0 Å². The Bertz CT molecular complexity index is 440. The lowest BCUT2D eigenvalue weighted by molar-refractivity contribution is -0.136. The Morgan fingerprint density at radius 2 is 2.05 bits per heavy atom. The van der Waals surface area contributed by atoms with Crippen molar-refractivity contribution in [2.24, 2.45) is 0 Å². The quantitative estimate of drug-likeness (QED) is 0.641. The molecule has 1 rings (SSSR count). The third-order valence-corrected chi connectivity index (χ3v) is 3.22. The van der Waals surface area contributed by atoms with Crippen molar-refractivity contribution in [1.82, 2.24) is 5.32 Å². The minimum atomic E-state index is -0.261. The lowest BCUT2D eigenvalue weighted by Gasteiger charge is -2.13. The summed E-state index contributed by atoms with van der Waals surface area (Å²) in [6.45, 7) is 4.63. The fraction of sp³-hybridized carbons (Fsp3) is 0.400. The summed E-state index contributed by atoms with van der Waals surface area (Å²) in [6, 6.07) is 7.92. The first-order chi connectivity index (χ1) is 9.08. The number of halogens is 1. The highest BCUT2D eigenvalue weighted by Crippen LogP contribution is 2.15. The molecule has 1 aromatic carbocycles. The summed E-state index contributed by atoms with van der Waals surface area (Å²) < 4.78 is 4.71. The number of hydrogen-bond acceptors (Lipinski definition) is 3. The van der Waals surface area contributed by atoms with Gasteiger partial charge in [0.05, 0.1) is 7.11 Å². The summed E-state index contributed by atoms with van der Waals surface area (Å²) in [4.78, 5) is 11.4. The molecule has 0 spiro atoms. The Morgan fingerprint density at radius 3 is 2.58 bits per heavy atom. The molecule has 0 bridgehead atoms. The Hall–Kier alpha value is -1.32. The summed E-state index contributed by atoms with van der Waals surface area (Å²) in [5, 5.41) is 4.07. The second-order valence-corrected chi connectivity index (χ2v) is 4.69. The summed E-state index contributed by atoms with van der Waals surface area (Å²) in [5.41, 5.74) is 1.85. The van der Waals surface area contributed by atoms with E-state index in [1.165, 1.54) is 7.11 Å². The first-order valence-electron chi connectivity index (χ1n) is 6.34. The molecular weight excluding hydrogens is 262 g/mol. The molecule has 0 aliphatic carbocycles. The van der Waals surface area contributed by atoms with Gasteiger partial charge in [0, 0.05) is 23.2 Å². The van der Waals surface area contributed by atoms with E-state index in [9.17, 15) is 4.79 Å². The second kappa shape index (κ2) is 7.97. The number of benzene rings is 1. The first-order valence-corrected chi connectivity index (χ1v) is 6.72. The lowest BCUT2D eigenvalue weighted by Crippen LogP contribution is -2.19. The monoisotopic (exact) mass is 281 g/mol. The fourth-order valence-corrected chi connectivity index (χ4v) is 1.86. The molecule has 1 N–H and O–H groups in total. The predicted molar refractivity (Wildman–Crippen MR) is 78.3 cm³/mol. The van der Waals surface area contributed by atoms with Crippen LogP contribution in [0.2, 0.25) is 5.02 Å². The van der Waals surface area contributed by atoms with Crippen molar-refractivity contribution in [1.29, 1.82) is 0 Å². The number of hydrogen-bond donors (Lipinski definition) is 1. The van der Waals surface area contributed by atoms with Crippen molar-refractivity contribution in [2.45, 2.75) is 26.3 Å². The van der Waals surface area contributed by atoms with E-state index >= 15 is 0 Å². The Morgan fingerprint density at radius 1 is 1.42 bits per heavy atom. The summed E-state index contributed by atoms with van der Waals surface area (Å²) in [6.07, 6.45) is 2.54. The van der Waals surface area contributed by atoms with Gasteiger partial charge in [0.15, 0.2) is 0 Å². The molecule has 0 saturated heterocycles. The smallest absolute Gasteiger partial charge is 0.333 e. The van der Waals surface area contributed by atoms with Gasteiger partial charge >= 0.3 is 5.97 Å². The van der Waals surface area contributed by atoms with Crippen molar-refractivity contribution in [3.05, 3.63) is 46.5 Å². The average Bonchev–Trinajstić information content (AvgIpc) is 2.43. The zero-order valence-corrected chi connectivity index (χ0v) is 12.3. The van der Waals surface area contributed by atoms with Crippen LogP contribution in [0.5, 0.6) is 0 Å². The minimum Gasteiger partial charge on any atom is -0.466 e. The van der Waals surface area contributed by atoms with E-state index in [4.69, 9.17) is 16.3 Å². The van der Waals surface area contributed by atoms with Crippen LogP contribution in [0.3, 0.4) is 0 Å². The topological polar surface area (TPSA) is 38.3 Å². The van der Waals surface area contributed by atoms with Crippen molar-refractivity contribution >= 4 is 17.6 Å². The molecule has 0 amide bonds. The van der Waals surface area contributed by atoms with Crippen LogP contribution in [0.4, 0.5) is 0 Å². The van der Waals surface area contributed by atoms with Crippen LogP contribution in [-0.2, 0) is 9.53 Å². The van der Waals surface area contributed by atoms with Crippen molar-refractivity contribution in [2.75, 3.05) is 13.7 Å². The van der Waals surface area contributed by atoms with E-state index in [1.54, 1.807) is 0 Å². The normalized spacial score (nSPS) is 13.2. The maximum Gasteiger partial charge on any atom is 0.333 e. The summed E-state index contributed by atoms with van der Waals surface area (Å²) in [7, 11) is 1.40. The van der Waals surface area contributed by atoms with E-state index in [2.05, 4.69) is 12.2 Å². The highest BCUT2D eigenvalue weighted by Gasteiger charge is 2.07. The van der Waals surface area contributed by atoms with Crippen LogP contribution in [0.25, 0.3) is 0 Å². The second-order valence-electron chi connectivity index (χ2n) is 4.26. The molecule has 19 heavy (non-hydrogen) atoms. The van der Waals surface area contributed by atoms with Crippen molar-refractivity contribution in [3.63, 3.8) is 0 Å². The maximum absolute atomic E-state index is 11.4. The molecule has 1 atom stereocenters. The molecule has 0 saturated carbocycles. The predicted octanol–water partition coefficient (Wildman–Crippen LogP) is 3.50. The zero-order valence-electron chi connectivity index (χ0n) is 11.6. The zero-order chi connectivity index (χ0) is 14.3. The lowest BCUT2D eigenvalue weighted by atomic mass is 10.1. The molecule has 3 nitrogen and oxygen atoms in total. The van der Waals surface area contributed by atoms with Gasteiger partial charge in [-0.25, -0.2) is 4.79 Å². The summed E-state index contributed by atoms with van der Waals surface area (Å²) in [5.74, 6) is -0.261. The third kappa shape index (κ3) is 5.05. The average molecular weight is 282 g/mol.